The van der Waals surface area contributed by atoms with Gasteiger partial charge in [0.25, 0.3) is 0 Å². The van der Waals surface area contributed by atoms with E-state index in [1.165, 1.54) is 10.1 Å². The minimum atomic E-state index is -0.0152. The number of rotatable bonds is 3. The molecule has 1 fully saturated rings. The van der Waals surface area contributed by atoms with Crippen molar-refractivity contribution >= 4 is 33.0 Å². The van der Waals surface area contributed by atoms with E-state index in [9.17, 15) is 4.79 Å². The summed E-state index contributed by atoms with van der Waals surface area (Å²) >= 11 is 1.70. The van der Waals surface area contributed by atoms with Crippen molar-refractivity contribution in [1.29, 1.82) is 0 Å². The van der Waals surface area contributed by atoms with Gasteiger partial charge in [-0.1, -0.05) is 0 Å². The zero-order chi connectivity index (χ0) is 13.1. The smallest absolute Gasteiger partial charge is 0.227 e. The van der Waals surface area contributed by atoms with Crippen molar-refractivity contribution in [2.75, 3.05) is 25.0 Å². The number of ether oxygens (including phenoxy) is 1. The first-order valence-electron chi connectivity index (χ1n) is 6.41. The number of carbonyl (C=O) groups excluding carboxylic acids is 1. The number of benzene rings is 1. The molecular weight excluding hydrogens is 260 g/mol. The summed E-state index contributed by atoms with van der Waals surface area (Å²) in [4.78, 5) is 11.9. The molecule has 1 aromatic carbocycles. The van der Waals surface area contributed by atoms with Gasteiger partial charge >= 0.3 is 0 Å². The summed E-state index contributed by atoms with van der Waals surface area (Å²) in [5, 5.41) is 9.37. The van der Waals surface area contributed by atoms with E-state index >= 15 is 0 Å². The minimum Gasteiger partial charge on any atom is -0.375 e. The molecule has 1 saturated heterocycles. The topological polar surface area (TPSA) is 50.4 Å². The fourth-order valence-corrected chi connectivity index (χ4v) is 2.98. The van der Waals surface area contributed by atoms with Gasteiger partial charge in [-0.2, -0.15) is 0 Å². The Labute approximate surface area is 115 Å². The molecule has 0 bridgehead atoms. The van der Waals surface area contributed by atoms with Crippen LogP contribution in [0, 0.1) is 0 Å². The van der Waals surface area contributed by atoms with Crippen molar-refractivity contribution in [1.82, 2.24) is 5.32 Å². The molecule has 2 aromatic rings. The second-order valence-electron chi connectivity index (χ2n) is 4.62. The normalized spacial score (nSPS) is 19.5. The fourth-order valence-electron chi connectivity index (χ4n) is 2.21. The molecule has 4 nitrogen and oxygen atoms in total. The maximum absolute atomic E-state index is 11.9. The van der Waals surface area contributed by atoms with Gasteiger partial charge in [-0.3, -0.25) is 4.79 Å². The summed E-state index contributed by atoms with van der Waals surface area (Å²) < 4.78 is 6.76. The number of hydrogen-bond donors (Lipinski definition) is 2. The van der Waals surface area contributed by atoms with Gasteiger partial charge < -0.3 is 15.4 Å². The van der Waals surface area contributed by atoms with E-state index in [1.807, 2.05) is 18.2 Å². The largest absolute Gasteiger partial charge is 0.375 e. The van der Waals surface area contributed by atoms with E-state index in [4.69, 9.17) is 4.74 Å². The molecule has 1 amide bonds. The second kappa shape index (κ2) is 5.69. The molecule has 1 unspecified atom stereocenters. The Kier molecular flexibility index (Phi) is 3.77. The molecular formula is C14H16N2O2S. The Balaban J connectivity index is 1.61. The predicted molar refractivity (Wildman–Crippen MR) is 77.7 cm³/mol. The third-order valence-electron chi connectivity index (χ3n) is 3.15. The van der Waals surface area contributed by atoms with Gasteiger partial charge in [-0.15, -0.1) is 11.3 Å². The highest BCUT2D eigenvalue weighted by molar-refractivity contribution is 7.17. The number of thiophene rings is 1. The molecule has 3 rings (SSSR count). The van der Waals surface area contributed by atoms with Gasteiger partial charge in [0.1, 0.15) is 0 Å². The number of fused-ring (bicyclic) bond motifs is 1. The Morgan fingerprint density at radius 1 is 1.47 bits per heavy atom. The van der Waals surface area contributed by atoms with E-state index in [0.29, 0.717) is 13.0 Å². The molecule has 1 aliphatic rings. The number of hydrogen-bond acceptors (Lipinski definition) is 4. The molecule has 2 N–H and O–H groups in total. The summed E-state index contributed by atoms with van der Waals surface area (Å²) in [6.07, 6.45) is 0.382. The van der Waals surface area contributed by atoms with Gasteiger partial charge in [-0.25, -0.2) is 0 Å². The second-order valence-corrected chi connectivity index (χ2v) is 5.57. The molecule has 2 heterocycles. The average molecular weight is 276 g/mol. The number of morpholine rings is 1. The predicted octanol–water partition coefficient (Wildman–Crippen LogP) is 2.22. The van der Waals surface area contributed by atoms with Crippen molar-refractivity contribution < 1.29 is 9.53 Å². The van der Waals surface area contributed by atoms with Crippen LogP contribution in [0.15, 0.2) is 29.6 Å². The summed E-state index contributed by atoms with van der Waals surface area (Å²) in [6, 6.07) is 8.04. The van der Waals surface area contributed by atoms with Crippen LogP contribution in [0.1, 0.15) is 6.42 Å². The summed E-state index contributed by atoms with van der Waals surface area (Å²) in [5.74, 6) is 0.00304. The van der Waals surface area contributed by atoms with Crippen LogP contribution in [0.2, 0.25) is 0 Å². The van der Waals surface area contributed by atoms with Crippen molar-refractivity contribution in [3.8, 4) is 0 Å². The standard InChI is InChI=1S/C14H16N2O2S/c17-14(8-12-9-15-4-5-18-12)16-11-1-2-13-10(7-11)3-6-19-13/h1-3,6-7,12,15H,4-5,8-9H2,(H,16,17). The zero-order valence-electron chi connectivity index (χ0n) is 10.5. The zero-order valence-corrected chi connectivity index (χ0v) is 11.3. The highest BCUT2D eigenvalue weighted by Crippen LogP contribution is 2.24. The summed E-state index contributed by atoms with van der Waals surface area (Å²) in [7, 11) is 0. The van der Waals surface area contributed by atoms with Crippen molar-refractivity contribution in [2.24, 2.45) is 0 Å². The molecule has 19 heavy (non-hydrogen) atoms. The lowest BCUT2D eigenvalue weighted by atomic mass is 10.2. The van der Waals surface area contributed by atoms with Gasteiger partial charge in [0.05, 0.1) is 19.1 Å². The SMILES string of the molecule is O=C(CC1CNCCO1)Nc1ccc2sccc2c1. The van der Waals surface area contributed by atoms with Gasteiger partial charge in [-0.05, 0) is 35.0 Å². The fraction of sp³-hybridized carbons (Fsp3) is 0.357. The van der Waals surface area contributed by atoms with E-state index < -0.39 is 0 Å². The Bertz CT molecular complexity index is 576. The third kappa shape index (κ3) is 3.12. The lowest BCUT2D eigenvalue weighted by Crippen LogP contribution is -2.40. The molecule has 1 aliphatic heterocycles. The summed E-state index contributed by atoms with van der Waals surface area (Å²) in [6.45, 7) is 2.29. The Morgan fingerprint density at radius 2 is 2.42 bits per heavy atom. The van der Waals surface area contributed by atoms with Gasteiger partial charge in [0, 0.05) is 23.5 Å². The molecule has 0 radical (unpaired) electrons. The van der Waals surface area contributed by atoms with Crippen molar-refractivity contribution in [2.45, 2.75) is 12.5 Å². The van der Waals surface area contributed by atoms with E-state index in [1.54, 1.807) is 11.3 Å². The lowest BCUT2D eigenvalue weighted by molar-refractivity contribution is -0.119. The monoisotopic (exact) mass is 276 g/mol. The average Bonchev–Trinajstić information content (AvgIpc) is 2.87. The van der Waals surface area contributed by atoms with E-state index in [0.717, 1.165) is 18.8 Å². The number of amides is 1. The quantitative estimate of drug-likeness (QED) is 0.903. The lowest BCUT2D eigenvalue weighted by Gasteiger charge is -2.23. The third-order valence-corrected chi connectivity index (χ3v) is 4.05. The van der Waals surface area contributed by atoms with Crippen LogP contribution in [-0.4, -0.2) is 31.7 Å². The van der Waals surface area contributed by atoms with Gasteiger partial charge in [0.15, 0.2) is 0 Å². The highest BCUT2D eigenvalue weighted by Gasteiger charge is 2.17. The number of anilines is 1. The molecule has 0 aliphatic carbocycles. The highest BCUT2D eigenvalue weighted by atomic mass is 32.1. The molecule has 0 saturated carbocycles. The molecule has 1 atom stereocenters. The Morgan fingerprint density at radius 3 is 3.26 bits per heavy atom. The van der Waals surface area contributed by atoms with Gasteiger partial charge in [0.2, 0.25) is 5.91 Å². The van der Waals surface area contributed by atoms with Crippen LogP contribution in [0.25, 0.3) is 10.1 Å². The first-order chi connectivity index (χ1) is 9.31. The first-order valence-corrected chi connectivity index (χ1v) is 7.29. The number of nitrogens with one attached hydrogen (secondary N) is 2. The van der Waals surface area contributed by atoms with Crippen molar-refractivity contribution in [3.63, 3.8) is 0 Å². The van der Waals surface area contributed by atoms with Crippen LogP contribution in [0.5, 0.6) is 0 Å². The van der Waals surface area contributed by atoms with Crippen LogP contribution in [0.4, 0.5) is 5.69 Å². The van der Waals surface area contributed by atoms with Crippen LogP contribution in [0.3, 0.4) is 0 Å². The maximum Gasteiger partial charge on any atom is 0.227 e. The Hall–Kier alpha value is -1.43. The number of carbonyl (C=O) groups is 1. The first kappa shape index (κ1) is 12.6. The van der Waals surface area contributed by atoms with Crippen LogP contribution >= 0.6 is 11.3 Å². The summed E-state index contributed by atoms with van der Waals surface area (Å²) in [5.41, 5.74) is 0.847. The molecule has 5 heteroatoms. The minimum absolute atomic E-state index is 0.00304. The van der Waals surface area contributed by atoms with Crippen LogP contribution < -0.4 is 10.6 Å². The van der Waals surface area contributed by atoms with Crippen LogP contribution in [-0.2, 0) is 9.53 Å². The van der Waals surface area contributed by atoms with Crippen molar-refractivity contribution in [3.05, 3.63) is 29.6 Å². The maximum atomic E-state index is 11.9. The molecule has 100 valence electrons. The molecule has 1 aromatic heterocycles. The van der Waals surface area contributed by atoms with E-state index in [-0.39, 0.29) is 12.0 Å². The molecule has 0 spiro atoms. The van der Waals surface area contributed by atoms with E-state index in [2.05, 4.69) is 22.1 Å².